The quantitative estimate of drug-likeness (QED) is 0.188. The van der Waals surface area contributed by atoms with E-state index in [2.05, 4.69) is 52.5 Å². The minimum absolute atomic E-state index is 0.0928. The third kappa shape index (κ3) is 4.99. The highest BCUT2D eigenvalue weighted by molar-refractivity contribution is 7.98. The van der Waals surface area contributed by atoms with Gasteiger partial charge in [-0.2, -0.15) is 5.10 Å². The highest BCUT2D eigenvalue weighted by Gasteiger charge is 2.30. The number of rotatable bonds is 7. The Morgan fingerprint density at radius 3 is 2.66 bits per heavy atom. The Bertz CT molecular complexity index is 1670. The molecule has 7 nitrogen and oxygen atoms in total. The van der Waals surface area contributed by atoms with Crippen molar-refractivity contribution in [3.8, 4) is 17.0 Å². The zero-order valence-electron chi connectivity index (χ0n) is 24.1. The monoisotopic (exact) mass is 568 g/mol. The molecule has 1 fully saturated rings. The predicted molar refractivity (Wildman–Crippen MR) is 166 cm³/mol. The van der Waals surface area contributed by atoms with Gasteiger partial charge in [0.25, 0.3) is 5.91 Å². The van der Waals surface area contributed by atoms with Crippen LogP contribution in [0, 0.1) is 0 Å². The zero-order valence-corrected chi connectivity index (χ0v) is 24.9. The summed E-state index contributed by atoms with van der Waals surface area (Å²) in [6.07, 6.45) is 10.7. The predicted octanol–water partition coefficient (Wildman–Crippen LogP) is 7.25. The average molecular weight is 569 g/mol. The minimum atomic E-state index is -0.0928. The molecule has 6 rings (SSSR count). The number of allylic oxidation sites excluding steroid dienone is 1. The van der Waals surface area contributed by atoms with Gasteiger partial charge in [-0.15, -0.1) is 0 Å². The number of methoxy groups -OCH3 is 1. The third-order valence-corrected chi connectivity index (χ3v) is 9.11. The molecular weight excluding hydrogens is 532 g/mol. The van der Waals surface area contributed by atoms with Gasteiger partial charge in [0.15, 0.2) is 6.29 Å². The number of hydrogen-bond donors (Lipinski definition) is 1. The van der Waals surface area contributed by atoms with Crippen LogP contribution in [0.5, 0.6) is 5.75 Å². The van der Waals surface area contributed by atoms with E-state index in [1.165, 1.54) is 47.9 Å². The normalized spacial score (nSPS) is 15.3. The van der Waals surface area contributed by atoms with Crippen LogP contribution in [-0.2, 0) is 13.6 Å². The van der Waals surface area contributed by atoms with Crippen molar-refractivity contribution >= 4 is 46.7 Å². The number of nitrogens with zero attached hydrogens (tertiary/aromatic N) is 3. The molecule has 1 N–H and O–H groups in total. The Balaban J connectivity index is 1.63. The Hall–Kier alpha value is -3.78. The van der Waals surface area contributed by atoms with Gasteiger partial charge in [-0.3, -0.25) is 19.0 Å². The van der Waals surface area contributed by atoms with Crippen LogP contribution in [0.4, 0.5) is 0 Å². The first-order valence-corrected chi connectivity index (χ1v) is 15.3. The average Bonchev–Trinajstić information content (AvgIpc) is 3.46. The molecule has 0 saturated heterocycles. The second kappa shape index (κ2) is 11.2. The van der Waals surface area contributed by atoms with Crippen LogP contribution < -0.4 is 9.46 Å². The zero-order chi connectivity index (χ0) is 28.7. The number of benzene rings is 2. The number of carbonyl (C=O) groups is 2. The van der Waals surface area contributed by atoms with Crippen molar-refractivity contribution in [2.75, 3.05) is 7.11 Å². The first-order valence-electron chi connectivity index (χ1n) is 14.4. The van der Waals surface area contributed by atoms with E-state index in [4.69, 9.17) is 4.74 Å². The molecule has 41 heavy (non-hydrogen) atoms. The van der Waals surface area contributed by atoms with Crippen molar-refractivity contribution < 1.29 is 14.3 Å². The maximum atomic E-state index is 13.2. The van der Waals surface area contributed by atoms with Crippen LogP contribution in [0.3, 0.4) is 0 Å². The fraction of sp³-hybridized carbons (Fsp3) is 0.364. The first-order chi connectivity index (χ1) is 19.9. The minimum Gasteiger partial charge on any atom is -0.497 e. The number of aryl methyl sites for hydroxylation is 1. The van der Waals surface area contributed by atoms with Crippen LogP contribution in [0.2, 0.25) is 0 Å². The standard InChI is InChI=1S/C33H36N4O3S/c1-20(2)41-35-33(39)22-10-12-28-29(16-22)37-18-24(31-25(19-38)17-34-36(31)3)14-23-15-26(40-4)11-13-27(23)32(37)30(28)21-8-6-5-7-9-21/h10-17,19-21H,5-9,18H2,1-4H3,(H,35,39). The number of hydrogen-bond acceptors (Lipinski definition) is 5. The smallest absolute Gasteiger partial charge is 0.261 e. The summed E-state index contributed by atoms with van der Waals surface area (Å²) in [5.41, 5.74) is 8.75. The molecule has 0 atom stereocenters. The van der Waals surface area contributed by atoms with Crippen molar-refractivity contribution in [2.24, 2.45) is 7.05 Å². The molecule has 8 heteroatoms. The lowest BCUT2D eigenvalue weighted by molar-refractivity contribution is 0.0984. The van der Waals surface area contributed by atoms with Gasteiger partial charge in [-0.05, 0) is 83.8 Å². The Labute approximate surface area is 245 Å². The summed E-state index contributed by atoms with van der Waals surface area (Å²) in [5.74, 6) is 1.13. The number of aldehydes is 1. The van der Waals surface area contributed by atoms with Gasteiger partial charge in [0, 0.05) is 34.3 Å². The van der Waals surface area contributed by atoms with Crippen molar-refractivity contribution in [3.05, 3.63) is 70.5 Å². The number of fused-ring (bicyclic) bond motifs is 5. The molecule has 0 spiro atoms. The molecular formula is C33H36N4O3S. The molecule has 1 aliphatic carbocycles. The van der Waals surface area contributed by atoms with Gasteiger partial charge in [0.05, 0.1) is 36.8 Å². The van der Waals surface area contributed by atoms with E-state index in [0.29, 0.717) is 23.6 Å². The summed E-state index contributed by atoms with van der Waals surface area (Å²) >= 11 is 1.43. The first kappa shape index (κ1) is 27.4. The number of amides is 1. The molecule has 0 bridgehead atoms. The summed E-state index contributed by atoms with van der Waals surface area (Å²) < 4.78 is 12.8. The van der Waals surface area contributed by atoms with Gasteiger partial charge in [0.1, 0.15) is 5.75 Å². The van der Waals surface area contributed by atoms with Crippen LogP contribution in [0.25, 0.3) is 33.8 Å². The molecule has 2 aliphatic rings. The Morgan fingerprint density at radius 1 is 1.12 bits per heavy atom. The fourth-order valence-electron chi connectivity index (χ4n) is 6.49. The van der Waals surface area contributed by atoms with E-state index in [1.54, 1.807) is 18.0 Å². The molecule has 2 aromatic heterocycles. The molecule has 0 radical (unpaired) electrons. The molecule has 212 valence electrons. The molecule has 3 heterocycles. The van der Waals surface area contributed by atoms with Crippen molar-refractivity contribution in [2.45, 2.75) is 63.7 Å². The summed E-state index contributed by atoms with van der Waals surface area (Å²) in [7, 11) is 3.56. The topological polar surface area (TPSA) is 78.2 Å². The molecule has 1 amide bonds. The van der Waals surface area contributed by atoms with Crippen LogP contribution in [-0.4, -0.2) is 38.9 Å². The molecule has 4 aromatic rings. The highest BCUT2D eigenvalue weighted by atomic mass is 32.2. The van der Waals surface area contributed by atoms with E-state index in [-0.39, 0.29) is 11.2 Å². The second-order valence-corrected chi connectivity index (χ2v) is 12.7. The molecule has 0 unspecified atom stereocenters. The van der Waals surface area contributed by atoms with Gasteiger partial charge >= 0.3 is 0 Å². The van der Waals surface area contributed by atoms with Crippen molar-refractivity contribution in [1.82, 2.24) is 19.1 Å². The number of ether oxygens (including phenoxy) is 1. The fourth-order valence-corrected chi connectivity index (χ4v) is 6.95. The lowest BCUT2D eigenvalue weighted by Gasteiger charge is -2.24. The van der Waals surface area contributed by atoms with E-state index >= 15 is 0 Å². The van der Waals surface area contributed by atoms with Crippen LogP contribution >= 0.6 is 11.9 Å². The van der Waals surface area contributed by atoms with Crippen molar-refractivity contribution in [1.29, 1.82) is 0 Å². The second-order valence-electron chi connectivity index (χ2n) is 11.3. The SMILES string of the molecule is COc1ccc2c(c1)C=C(c1c(C=O)cnn1C)Cn1c-2c(C2CCCCC2)c2ccc(C(=O)NSC(C)C)cc21. The molecule has 2 aromatic carbocycles. The van der Waals surface area contributed by atoms with Crippen LogP contribution in [0.15, 0.2) is 42.6 Å². The molecule has 1 saturated carbocycles. The maximum absolute atomic E-state index is 13.2. The number of aromatic nitrogens is 3. The van der Waals surface area contributed by atoms with Crippen molar-refractivity contribution in [3.63, 3.8) is 0 Å². The summed E-state index contributed by atoms with van der Waals surface area (Å²) in [6, 6.07) is 12.4. The van der Waals surface area contributed by atoms with Gasteiger partial charge in [-0.1, -0.05) is 39.2 Å². The third-order valence-electron chi connectivity index (χ3n) is 8.34. The number of carbonyl (C=O) groups excluding carboxylic acids is 2. The van der Waals surface area contributed by atoms with Crippen LogP contribution in [0.1, 0.15) is 89.4 Å². The van der Waals surface area contributed by atoms with Gasteiger partial charge in [0.2, 0.25) is 0 Å². The number of nitrogens with one attached hydrogen (secondary N) is 1. The Kier molecular flexibility index (Phi) is 7.51. The van der Waals surface area contributed by atoms with Gasteiger partial charge in [-0.25, -0.2) is 0 Å². The van der Waals surface area contributed by atoms with E-state index in [1.807, 2.05) is 25.2 Å². The lowest BCUT2D eigenvalue weighted by atomic mass is 9.81. The largest absolute Gasteiger partial charge is 0.497 e. The maximum Gasteiger partial charge on any atom is 0.261 e. The van der Waals surface area contributed by atoms with E-state index in [0.717, 1.165) is 52.8 Å². The summed E-state index contributed by atoms with van der Waals surface area (Å²) in [4.78, 5) is 25.2. The van der Waals surface area contributed by atoms with E-state index in [9.17, 15) is 9.59 Å². The Morgan fingerprint density at radius 2 is 1.93 bits per heavy atom. The summed E-state index contributed by atoms with van der Waals surface area (Å²) in [5, 5.41) is 5.89. The van der Waals surface area contributed by atoms with Gasteiger partial charge < -0.3 is 9.30 Å². The summed E-state index contributed by atoms with van der Waals surface area (Å²) in [6.45, 7) is 4.66. The lowest BCUT2D eigenvalue weighted by Crippen LogP contribution is -2.18. The molecule has 1 aliphatic heterocycles. The van der Waals surface area contributed by atoms with E-state index < -0.39 is 0 Å². The highest BCUT2D eigenvalue weighted by Crippen LogP contribution is 2.47.